The number of benzene rings is 3. The molecular weight excluding hydrogens is 589 g/mol. The van der Waals surface area contributed by atoms with Crippen molar-refractivity contribution in [3.63, 3.8) is 0 Å². The Labute approximate surface area is 189 Å². The van der Waals surface area contributed by atoms with Crippen LogP contribution >= 0.6 is 0 Å². The van der Waals surface area contributed by atoms with Crippen LogP contribution in [-0.2, 0) is 9.59 Å². The Bertz CT molecular complexity index is 894. The van der Waals surface area contributed by atoms with Crippen molar-refractivity contribution in [3.05, 3.63) is 91.0 Å². The standard InChI is InChI=1S/3C6H5.2C3H3NO2.Bi/c3*1-2-4-6-5-3-1;2*4-2-1-3(5)6;/h3*1-5H;2*1H2,(H,5,6);. The summed E-state index contributed by atoms with van der Waals surface area (Å²) in [5.74, 6) is -2.14. The Morgan fingerprint density at radius 2 is 0.871 bits per heavy atom. The second kappa shape index (κ2) is 15.3. The van der Waals surface area contributed by atoms with E-state index in [0.29, 0.717) is 0 Å². The number of aliphatic carboxylic acids is 2. The van der Waals surface area contributed by atoms with Crippen LogP contribution in [0, 0.1) is 22.7 Å². The SMILES string of the molecule is N#CCC(=O)O.N#CCC(=O)O.c1cc[c]([Bi]([c]2ccccc2)[c]2ccccc2)cc1. The molecule has 0 aromatic heterocycles. The number of nitrogens with zero attached hydrogens (tertiary/aromatic N) is 2. The summed E-state index contributed by atoms with van der Waals surface area (Å²) in [7, 11) is 0. The molecule has 0 saturated heterocycles. The summed E-state index contributed by atoms with van der Waals surface area (Å²) in [6.07, 6.45) is -0.806. The van der Waals surface area contributed by atoms with Gasteiger partial charge in [-0.25, -0.2) is 0 Å². The van der Waals surface area contributed by atoms with Crippen molar-refractivity contribution in [2.24, 2.45) is 0 Å². The predicted octanol–water partition coefficient (Wildman–Crippen LogP) is 2.17. The molecule has 0 heterocycles. The Balaban J connectivity index is 0.000000333. The summed E-state index contributed by atoms with van der Waals surface area (Å²) in [6, 6.07) is 35.9. The van der Waals surface area contributed by atoms with E-state index in [1.54, 1.807) is 0 Å². The van der Waals surface area contributed by atoms with E-state index in [4.69, 9.17) is 20.7 Å². The van der Waals surface area contributed by atoms with Crippen LogP contribution in [0.2, 0.25) is 0 Å². The Morgan fingerprint density at radius 1 is 0.613 bits per heavy atom. The summed E-state index contributed by atoms with van der Waals surface area (Å²) in [5, 5.41) is 30.6. The van der Waals surface area contributed by atoms with Gasteiger partial charge in [-0.3, -0.25) is 9.59 Å². The topological polar surface area (TPSA) is 122 Å². The molecule has 3 aromatic rings. The van der Waals surface area contributed by atoms with E-state index in [1.165, 1.54) is 22.0 Å². The first-order valence-electron chi connectivity index (χ1n) is 9.12. The molecule has 2 N–H and O–H groups in total. The average molecular weight is 610 g/mol. The van der Waals surface area contributed by atoms with Gasteiger partial charge >= 0.3 is 134 Å². The van der Waals surface area contributed by atoms with Gasteiger partial charge in [0.1, 0.15) is 12.8 Å². The van der Waals surface area contributed by atoms with Crippen LogP contribution in [-0.4, -0.2) is 43.9 Å². The summed E-state index contributed by atoms with van der Waals surface area (Å²) in [6.45, 7) is 0. The van der Waals surface area contributed by atoms with Gasteiger partial charge in [-0.2, -0.15) is 10.5 Å². The van der Waals surface area contributed by atoms with E-state index in [1.807, 2.05) is 0 Å². The molecule has 31 heavy (non-hydrogen) atoms. The van der Waals surface area contributed by atoms with Crippen molar-refractivity contribution in [1.82, 2.24) is 0 Å². The first-order valence-corrected chi connectivity index (χ1v) is 14.3. The molecule has 0 aliphatic carbocycles. The second-order valence-corrected chi connectivity index (χ2v) is 14.4. The first-order chi connectivity index (χ1) is 15.0. The molecule has 0 atom stereocenters. The monoisotopic (exact) mass is 610 g/mol. The van der Waals surface area contributed by atoms with Gasteiger partial charge in [0.05, 0.1) is 12.1 Å². The van der Waals surface area contributed by atoms with Gasteiger partial charge in [0.2, 0.25) is 0 Å². The van der Waals surface area contributed by atoms with Crippen LogP contribution < -0.4 is 9.81 Å². The summed E-state index contributed by atoms with van der Waals surface area (Å²) >= 11 is -2.06. The summed E-state index contributed by atoms with van der Waals surface area (Å²) < 4.78 is 4.61. The molecule has 0 unspecified atom stereocenters. The zero-order valence-corrected chi connectivity index (χ0v) is 20.1. The van der Waals surface area contributed by atoms with Crippen molar-refractivity contribution in [2.45, 2.75) is 12.8 Å². The molecule has 0 saturated carbocycles. The molecule has 156 valence electrons. The minimum atomic E-state index is -2.06. The zero-order valence-electron chi connectivity index (χ0n) is 16.6. The molecule has 0 amide bonds. The van der Waals surface area contributed by atoms with Crippen LogP contribution in [0.3, 0.4) is 0 Å². The number of nitriles is 2. The molecule has 6 nitrogen and oxygen atoms in total. The van der Waals surface area contributed by atoms with Crippen molar-refractivity contribution >= 4 is 43.5 Å². The fourth-order valence-electron chi connectivity index (χ4n) is 2.31. The van der Waals surface area contributed by atoms with Gasteiger partial charge in [0.15, 0.2) is 0 Å². The molecular formula is C24H21BiN2O4. The molecule has 0 aliphatic rings. The number of rotatable bonds is 5. The summed E-state index contributed by atoms with van der Waals surface area (Å²) in [4.78, 5) is 18.8. The fraction of sp³-hybridized carbons (Fsp3) is 0.0833. The molecule has 7 heteroatoms. The molecule has 0 fully saturated rings. The van der Waals surface area contributed by atoms with E-state index < -0.39 is 46.5 Å². The van der Waals surface area contributed by atoms with E-state index in [2.05, 4.69) is 91.0 Å². The molecule has 0 aliphatic heterocycles. The first kappa shape index (κ1) is 25.5. The summed E-state index contributed by atoms with van der Waals surface area (Å²) in [5.41, 5.74) is 0. The molecule has 3 rings (SSSR count). The van der Waals surface area contributed by atoms with E-state index in [0.717, 1.165) is 0 Å². The second-order valence-electron chi connectivity index (χ2n) is 5.80. The molecule has 3 aromatic carbocycles. The number of carbonyl (C=O) groups is 2. The predicted molar refractivity (Wildman–Crippen MR) is 120 cm³/mol. The Morgan fingerprint density at radius 3 is 1.03 bits per heavy atom. The van der Waals surface area contributed by atoms with Crippen LogP contribution in [0.25, 0.3) is 0 Å². The van der Waals surface area contributed by atoms with Gasteiger partial charge in [0.25, 0.3) is 0 Å². The van der Waals surface area contributed by atoms with E-state index >= 15 is 0 Å². The van der Waals surface area contributed by atoms with E-state index in [9.17, 15) is 9.59 Å². The maximum atomic E-state index is 9.38. The van der Waals surface area contributed by atoms with Crippen LogP contribution in [0.15, 0.2) is 91.0 Å². The van der Waals surface area contributed by atoms with Gasteiger partial charge in [0, 0.05) is 0 Å². The van der Waals surface area contributed by atoms with Gasteiger partial charge < -0.3 is 10.2 Å². The third kappa shape index (κ3) is 10.7. The van der Waals surface area contributed by atoms with E-state index in [-0.39, 0.29) is 0 Å². The average Bonchev–Trinajstić information content (AvgIpc) is 2.77. The molecule has 0 spiro atoms. The van der Waals surface area contributed by atoms with Crippen LogP contribution in [0.1, 0.15) is 12.8 Å². The number of hydrogen-bond acceptors (Lipinski definition) is 4. The van der Waals surface area contributed by atoms with Crippen LogP contribution in [0.5, 0.6) is 0 Å². The van der Waals surface area contributed by atoms with Gasteiger partial charge in [-0.05, 0) is 0 Å². The van der Waals surface area contributed by atoms with Crippen molar-refractivity contribution in [3.8, 4) is 12.1 Å². The van der Waals surface area contributed by atoms with Crippen molar-refractivity contribution in [1.29, 1.82) is 10.5 Å². The number of carboxylic acid groups (broad SMARTS) is 2. The van der Waals surface area contributed by atoms with Crippen molar-refractivity contribution < 1.29 is 19.8 Å². The Kier molecular flexibility index (Phi) is 12.6. The van der Waals surface area contributed by atoms with Crippen LogP contribution in [0.4, 0.5) is 0 Å². The quantitative estimate of drug-likeness (QED) is 0.428. The van der Waals surface area contributed by atoms with Gasteiger partial charge in [-0.1, -0.05) is 0 Å². The molecule has 0 bridgehead atoms. The molecule has 0 radical (unpaired) electrons. The normalized spacial score (nSPS) is 9.00. The maximum absolute atomic E-state index is 9.38. The fourth-order valence-corrected chi connectivity index (χ4v) is 11.3. The van der Waals surface area contributed by atoms with Crippen molar-refractivity contribution in [2.75, 3.05) is 0 Å². The minimum absolute atomic E-state index is 0.403. The number of carboxylic acids is 2. The zero-order chi connectivity index (χ0) is 22.9. The third-order valence-corrected chi connectivity index (χ3v) is 13.0. The van der Waals surface area contributed by atoms with Gasteiger partial charge in [-0.15, -0.1) is 0 Å². The third-order valence-electron chi connectivity index (χ3n) is 3.50. The Hall–Kier alpha value is -3.54. The number of hydrogen-bond donors (Lipinski definition) is 2.